The highest BCUT2D eigenvalue weighted by atomic mass is 16.7. The Bertz CT molecular complexity index is 4390. The molecular weight excluding hydrogens is 1510 g/mol. The van der Waals surface area contributed by atoms with Crippen LogP contribution in [0.15, 0.2) is 144 Å². The molecule has 6 fully saturated rings. The number of hydrogen-bond donors (Lipinski definition) is 5. The molecule has 8 aliphatic rings. The Hall–Kier alpha value is -8.57. The Kier molecular flexibility index (Phi) is 26.4. The maximum absolute atomic E-state index is 15.9. The third-order valence-corrected chi connectivity index (χ3v) is 26.7. The molecule has 0 amide bonds. The van der Waals surface area contributed by atoms with Gasteiger partial charge in [-0.1, -0.05) is 173 Å². The molecule has 6 aliphatic carbocycles. The van der Waals surface area contributed by atoms with Crippen molar-refractivity contribution >= 4 is 53.5 Å². The molecule has 636 valence electrons. The molecule has 22 atom stereocenters. The number of ketones is 2. The number of carbonyl (C=O) groups is 9. The number of aliphatic hydroxyl groups excluding tert-OH is 3. The van der Waals surface area contributed by atoms with E-state index in [0.717, 1.165) is 5.56 Å². The van der Waals surface area contributed by atoms with Gasteiger partial charge in [-0.3, -0.25) is 19.2 Å². The molecule has 0 spiro atoms. The number of benzene rings is 4. The smallest absolute Gasteiger partial charge is 0.456 e. The number of esters is 6. The molecule has 0 aromatic heterocycles. The normalized spacial score (nSPS) is 33.4. The number of rotatable bonds is 24. The van der Waals surface area contributed by atoms with Crippen LogP contribution in [0, 0.1) is 63.1 Å². The van der Waals surface area contributed by atoms with Crippen LogP contribution in [-0.2, 0) is 98.8 Å². The number of fused-ring (bicyclic) bond motifs is 10. The van der Waals surface area contributed by atoms with Gasteiger partial charge in [0.25, 0.3) is 0 Å². The molecule has 2 unspecified atom stereocenters. The molecule has 4 saturated carbocycles. The first-order chi connectivity index (χ1) is 55.0. The van der Waals surface area contributed by atoms with E-state index in [-0.39, 0.29) is 98.9 Å². The summed E-state index contributed by atoms with van der Waals surface area (Å²) in [4.78, 5) is 127. The summed E-state index contributed by atoms with van der Waals surface area (Å²) in [5.41, 5.74) is -11.1. The number of aliphatic hydroxyl groups is 5. The SMILES string of the molecule is CC(=O)O[C@@]12CO[C@@H]1C[C@H](O)[C@@]1(C)C(=O)[C@H](O)C3=C(C)[C@@H](OC(=O)C(O)[C@@H](C)CC(C)C)C[C@@](O)([C@@H](OC(=O)c4ccccc4)[C@H]21)C3(C)C.CC(=O)O[C@@]12CO[C@@H]1C[C@H](OC(=O)OCc1ccccc1)[C@@]1(C)C(=O)[C@H](C)C3=C(C)[C@@H](OC(=O)C(OCOCc4ccccc4)[C@@H](C)CC(C)C)C[C@@](O)([C@@H](OC(=O)c4ccccc4)[C@H]21)C3(C)C. The molecule has 2 aliphatic heterocycles. The van der Waals surface area contributed by atoms with E-state index in [1.54, 1.807) is 135 Å². The monoisotopic (exact) mass is 1620 g/mol. The first-order valence-corrected chi connectivity index (χ1v) is 40.6. The van der Waals surface area contributed by atoms with Crippen LogP contribution < -0.4 is 0 Å². The second-order valence-corrected chi connectivity index (χ2v) is 35.8. The van der Waals surface area contributed by atoms with Gasteiger partial charge in [0.2, 0.25) is 0 Å². The highest BCUT2D eigenvalue weighted by molar-refractivity contribution is 5.95. The van der Waals surface area contributed by atoms with Gasteiger partial charge >= 0.3 is 42.0 Å². The zero-order valence-electron chi connectivity index (χ0n) is 70.0. The molecule has 0 radical (unpaired) electrons. The molecule has 5 N–H and O–H groups in total. The van der Waals surface area contributed by atoms with Crippen LogP contribution in [0.1, 0.15) is 188 Å². The van der Waals surface area contributed by atoms with E-state index in [1.807, 2.05) is 71.0 Å². The van der Waals surface area contributed by atoms with Gasteiger partial charge in [0.05, 0.1) is 59.7 Å². The lowest BCUT2D eigenvalue weighted by molar-refractivity contribution is -0.346. The lowest BCUT2D eigenvalue weighted by Gasteiger charge is -2.67. The van der Waals surface area contributed by atoms with Gasteiger partial charge in [0.15, 0.2) is 29.2 Å². The minimum atomic E-state index is -2.22. The average Bonchev–Trinajstić information content (AvgIpc) is 0.663. The molecule has 26 nitrogen and oxygen atoms in total. The molecule has 2 saturated heterocycles. The van der Waals surface area contributed by atoms with E-state index >= 15 is 4.79 Å². The van der Waals surface area contributed by atoms with Crippen molar-refractivity contribution in [1.29, 1.82) is 0 Å². The summed E-state index contributed by atoms with van der Waals surface area (Å²) < 4.78 is 73.2. The summed E-state index contributed by atoms with van der Waals surface area (Å²) in [5, 5.41) is 61.8. The van der Waals surface area contributed by atoms with Gasteiger partial charge < -0.3 is 82.4 Å². The van der Waals surface area contributed by atoms with Gasteiger partial charge in [-0.2, -0.15) is 0 Å². The van der Waals surface area contributed by atoms with Gasteiger partial charge in [-0.25, -0.2) is 24.0 Å². The van der Waals surface area contributed by atoms with Crippen LogP contribution in [0.4, 0.5) is 4.79 Å². The van der Waals surface area contributed by atoms with E-state index in [2.05, 4.69) is 0 Å². The topological polar surface area (TPSA) is 366 Å². The summed E-state index contributed by atoms with van der Waals surface area (Å²) in [5.74, 6) is -10.3. The Labute approximate surface area is 683 Å². The summed E-state index contributed by atoms with van der Waals surface area (Å²) in [6.45, 7) is 28.4. The molecular formula is C91H116O26. The van der Waals surface area contributed by atoms with Gasteiger partial charge in [-0.15, -0.1) is 0 Å². The first kappa shape index (κ1) is 89.2. The standard InChI is InChI=1S/C54H66O14.C37H50O12/c1-32(2)25-33(3)44(64-31-61-28-37-19-13-10-14-20-37)49(58)65-40-27-54(60)47(67-48(57)39-23-17-12-18-24-39)45-52(9,46(56)35(5)43(34(40)4)51(54,7)8)41(26-42-53(45,30-63-42)68-36(6)55)66-50(59)62-29-38-21-15-11-16-22-38;1-18(2)14-19(3)27(40)33(44)47-23-16-37(45)31(48-32(43)22-12-10-9-11-13-22)29-35(8,30(42)28(41)26(20(23)4)34(37,6)7)24(39)15-25-36(29,17-46-25)49-21(5)38/h10-24,32-33,35,40-42,44-45,47,60H,25-31H2,1-9H3;9-13,18-19,23-25,27-29,31,39-41,45H,14-17H2,1-8H3/t33-,35+,40-,41-,42+,44?,45-,47-,52+,53-,54+;19-,23-,24-,25+,27?,28+,29-,31-,35+,36-,37+/m00/s1. The predicted octanol–water partition coefficient (Wildman–Crippen LogP) is 11.2. The van der Waals surface area contributed by atoms with Gasteiger partial charge in [0, 0.05) is 56.3 Å². The van der Waals surface area contributed by atoms with E-state index in [1.165, 1.54) is 32.9 Å². The van der Waals surface area contributed by atoms with E-state index < -0.39 is 188 Å². The third kappa shape index (κ3) is 16.4. The largest absolute Gasteiger partial charge is 0.508 e. The number of hydrogen-bond acceptors (Lipinski definition) is 26. The molecule has 26 heteroatoms. The number of Topliss-reactive ketones (excluding diaryl/α,β-unsaturated/α-hetero) is 2. The van der Waals surface area contributed by atoms with Crippen molar-refractivity contribution in [3.8, 4) is 0 Å². The summed E-state index contributed by atoms with van der Waals surface area (Å²) in [7, 11) is 0. The molecule has 4 aromatic carbocycles. The van der Waals surface area contributed by atoms with E-state index in [0.29, 0.717) is 29.6 Å². The fourth-order valence-electron chi connectivity index (χ4n) is 20.8. The minimum absolute atomic E-state index is 0.0370. The second-order valence-electron chi connectivity index (χ2n) is 35.8. The van der Waals surface area contributed by atoms with Crippen LogP contribution in [-0.4, -0.2) is 189 Å². The first-order valence-electron chi connectivity index (χ1n) is 40.6. The number of carbonyl (C=O) groups excluding carboxylic acids is 9. The third-order valence-electron chi connectivity index (χ3n) is 26.7. The lowest BCUT2D eigenvalue weighted by atomic mass is 9.43. The van der Waals surface area contributed by atoms with Crippen molar-refractivity contribution in [2.24, 2.45) is 63.1 Å². The number of ether oxygens (including phenoxy) is 12. The fraction of sp³-hybridized carbons (Fsp3) is 0.593. The molecule has 117 heavy (non-hydrogen) atoms. The van der Waals surface area contributed by atoms with E-state index in [4.69, 9.17) is 56.8 Å². The van der Waals surface area contributed by atoms with Crippen molar-refractivity contribution in [2.45, 2.75) is 259 Å². The van der Waals surface area contributed by atoms with Crippen molar-refractivity contribution in [1.82, 2.24) is 0 Å². The van der Waals surface area contributed by atoms with Gasteiger partial charge in [-0.05, 0) is 122 Å². The highest BCUT2D eigenvalue weighted by Gasteiger charge is 2.81. The zero-order chi connectivity index (χ0) is 85.6. The van der Waals surface area contributed by atoms with Gasteiger partial charge in [0.1, 0.15) is 79.2 Å². The van der Waals surface area contributed by atoms with Crippen molar-refractivity contribution in [2.75, 3.05) is 20.0 Å². The zero-order valence-corrected chi connectivity index (χ0v) is 70.0. The lowest BCUT2D eigenvalue weighted by Crippen LogP contribution is -2.81. The van der Waals surface area contributed by atoms with Crippen LogP contribution in [0.25, 0.3) is 0 Å². The Morgan fingerprint density at radius 3 is 1.42 bits per heavy atom. The Morgan fingerprint density at radius 1 is 0.530 bits per heavy atom. The second kappa shape index (κ2) is 34.6. The van der Waals surface area contributed by atoms with Crippen molar-refractivity contribution in [3.63, 3.8) is 0 Å². The van der Waals surface area contributed by atoms with Crippen LogP contribution >= 0.6 is 0 Å². The Balaban J connectivity index is 0.000000242. The summed E-state index contributed by atoms with van der Waals surface area (Å²) in [6.07, 6.45) is -15.8. The molecule has 4 aromatic rings. The maximum Gasteiger partial charge on any atom is 0.508 e. The Morgan fingerprint density at radius 2 is 0.957 bits per heavy atom. The maximum atomic E-state index is 15.9. The summed E-state index contributed by atoms with van der Waals surface area (Å²) in [6, 6.07) is 34.8. The molecule has 12 rings (SSSR count). The quantitative estimate of drug-likeness (QED) is 0.0143. The van der Waals surface area contributed by atoms with E-state index in [9.17, 15) is 63.9 Å². The van der Waals surface area contributed by atoms with Crippen LogP contribution in [0.5, 0.6) is 0 Å². The predicted molar refractivity (Wildman–Crippen MR) is 421 cm³/mol. The fourth-order valence-corrected chi connectivity index (χ4v) is 20.8. The molecule has 4 bridgehead atoms. The highest BCUT2D eigenvalue weighted by Crippen LogP contribution is 2.67. The summed E-state index contributed by atoms with van der Waals surface area (Å²) >= 11 is 0. The average molecular weight is 1630 g/mol. The molecule has 2 heterocycles. The van der Waals surface area contributed by atoms with Crippen LogP contribution in [0.3, 0.4) is 0 Å². The minimum Gasteiger partial charge on any atom is -0.456 e. The van der Waals surface area contributed by atoms with Crippen LogP contribution in [0.2, 0.25) is 0 Å². The van der Waals surface area contributed by atoms with Crippen molar-refractivity contribution in [3.05, 3.63) is 166 Å². The van der Waals surface area contributed by atoms with Crippen molar-refractivity contribution < 1.29 is 126 Å².